The van der Waals surface area contributed by atoms with Crippen molar-refractivity contribution in [2.45, 2.75) is 25.2 Å². The summed E-state index contributed by atoms with van der Waals surface area (Å²) in [5, 5.41) is 10.9. The van der Waals surface area contributed by atoms with E-state index in [-0.39, 0.29) is 12.3 Å². The van der Waals surface area contributed by atoms with Gasteiger partial charge in [0.25, 0.3) is 5.69 Å². The Morgan fingerprint density at radius 1 is 1.25 bits per heavy atom. The van der Waals surface area contributed by atoms with Crippen molar-refractivity contribution < 1.29 is 28.4 Å². The Bertz CT molecular complexity index is 825. The van der Waals surface area contributed by atoms with Gasteiger partial charge in [0.1, 0.15) is 5.76 Å². The molecule has 0 fully saturated rings. The highest BCUT2D eigenvalue weighted by Crippen LogP contribution is 2.38. The van der Waals surface area contributed by atoms with E-state index in [0.29, 0.717) is 17.7 Å². The first-order chi connectivity index (χ1) is 13.5. The van der Waals surface area contributed by atoms with E-state index in [1.165, 1.54) is 43.7 Å². The average Bonchev–Trinajstić information content (AvgIpc) is 3.22. The van der Waals surface area contributed by atoms with Crippen molar-refractivity contribution in [3.63, 3.8) is 0 Å². The number of benzene rings is 1. The maximum atomic E-state index is 12.6. The quantitative estimate of drug-likeness (QED) is 0.279. The topological polar surface area (TPSA) is 109 Å². The molecule has 0 aliphatic carbocycles. The van der Waals surface area contributed by atoms with E-state index in [0.717, 1.165) is 0 Å². The molecule has 0 saturated carbocycles. The summed E-state index contributed by atoms with van der Waals surface area (Å²) in [6.45, 7) is 1.97. The predicted octanol–water partition coefficient (Wildman–Crippen LogP) is 3.74. The van der Waals surface area contributed by atoms with Crippen LogP contribution in [0.4, 0.5) is 5.69 Å². The van der Waals surface area contributed by atoms with Gasteiger partial charge in [0.15, 0.2) is 0 Å². The number of hydrogen-bond donors (Lipinski definition) is 0. The second-order valence-electron chi connectivity index (χ2n) is 5.86. The number of carbonyl (C=O) groups excluding carboxylic acids is 2. The number of allylic oxidation sites excluding steroid dienone is 1. The summed E-state index contributed by atoms with van der Waals surface area (Å²) in [5.74, 6) is -1.72. The fourth-order valence-electron chi connectivity index (χ4n) is 2.88. The Labute approximate surface area is 161 Å². The lowest BCUT2D eigenvalue weighted by Crippen LogP contribution is -2.21. The Balaban J connectivity index is 2.37. The van der Waals surface area contributed by atoms with Crippen LogP contribution in [-0.4, -0.2) is 30.6 Å². The molecule has 28 heavy (non-hydrogen) atoms. The predicted molar refractivity (Wildman–Crippen MR) is 99.7 cm³/mol. The van der Waals surface area contributed by atoms with Gasteiger partial charge in [-0.05, 0) is 31.0 Å². The summed E-state index contributed by atoms with van der Waals surface area (Å²) in [5.41, 5.74) is 0.465. The third kappa shape index (κ3) is 5.29. The van der Waals surface area contributed by atoms with Crippen molar-refractivity contribution in [1.82, 2.24) is 0 Å². The monoisotopic (exact) mass is 387 g/mol. The zero-order valence-electron chi connectivity index (χ0n) is 15.6. The maximum Gasteiger partial charge on any atom is 0.330 e. The van der Waals surface area contributed by atoms with Crippen molar-refractivity contribution >= 4 is 17.6 Å². The Hall–Kier alpha value is -3.42. The van der Waals surface area contributed by atoms with E-state index < -0.39 is 28.7 Å². The lowest BCUT2D eigenvalue weighted by Gasteiger charge is -2.23. The largest absolute Gasteiger partial charge is 0.469 e. The molecule has 2 rings (SSSR count). The number of non-ortho nitro benzene ring substituents is 1. The van der Waals surface area contributed by atoms with Gasteiger partial charge in [-0.25, -0.2) is 4.79 Å². The minimum atomic E-state index is -0.774. The van der Waals surface area contributed by atoms with Crippen LogP contribution in [0.3, 0.4) is 0 Å². The number of methoxy groups -OCH3 is 1. The lowest BCUT2D eigenvalue weighted by atomic mass is 9.82. The molecule has 0 aliphatic rings. The normalized spacial score (nSPS) is 13.1. The molecule has 1 aromatic heterocycles. The van der Waals surface area contributed by atoms with Crippen LogP contribution in [0.5, 0.6) is 0 Å². The molecular formula is C20H21NO7. The molecule has 0 spiro atoms. The molecule has 8 nitrogen and oxygen atoms in total. The van der Waals surface area contributed by atoms with Crippen molar-refractivity contribution in [2.24, 2.45) is 0 Å². The Morgan fingerprint density at radius 3 is 2.50 bits per heavy atom. The fourth-order valence-corrected chi connectivity index (χ4v) is 2.88. The van der Waals surface area contributed by atoms with Gasteiger partial charge in [0.2, 0.25) is 0 Å². The summed E-state index contributed by atoms with van der Waals surface area (Å²) >= 11 is 0. The average molecular weight is 387 g/mol. The minimum Gasteiger partial charge on any atom is -0.469 e. The SMILES string of the molecule is CCOC(=O)/C=C/CC(c1ccco1)C(C(=O)OC)c1ccc([N+](=O)[O-])cc1. The van der Waals surface area contributed by atoms with Crippen LogP contribution in [-0.2, 0) is 19.1 Å². The summed E-state index contributed by atoms with van der Waals surface area (Å²) in [7, 11) is 1.27. The Morgan fingerprint density at radius 2 is 1.96 bits per heavy atom. The molecule has 0 bridgehead atoms. The number of nitro benzene ring substituents is 1. The number of ether oxygens (including phenoxy) is 2. The summed E-state index contributed by atoms with van der Waals surface area (Å²) in [4.78, 5) is 34.5. The lowest BCUT2D eigenvalue weighted by molar-refractivity contribution is -0.384. The first-order valence-electron chi connectivity index (χ1n) is 8.66. The second-order valence-corrected chi connectivity index (χ2v) is 5.86. The first kappa shape index (κ1) is 20.9. The highest BCUT2D eigenvalue weighted by atomic mass is 16.6. The van der Waals surface area contributed by atoms with E-state index in [9.17, 15) is 19.7 Å². The number of furan rings is 1. The van der Waals surface area contributed by atoms with Gasteiger partial charge < -0.3 is 13.9 Å². The van der Waals surface area contributed by atoms with Crippen LogP contribution in [0, 0.1) is 10.1 Å². The zero-order valence-corrected chi connectivity index (χ0v) is 15.6. The summed E-state index contributed by atoms with van der Waals surface area (Å²) < 4.78 is 15.3. The van der Waals surface area contributed by atoms with Crippen LogP contribution in [0.2, 0.25) is 0 Å². The van der Waals surface area contributed by atoms with Gasteiger partial charge in [-0.1, -0.05) is 18.2 Å². The molecule has 1 aromatic carbocycles. The van der Waals surface area contributed by atoms with Gasteiger partial charge in [-0.2, -0.15) is 0 Å². The Kier molecular flexibility index (Phi) is 7.50. The molecule has 1 heterocycles. The zero-order chi connectivity index (χ0) is 20.5. The number of carbonyl (C=O) groups is 2. The number of nitrogens with zero attached hydrogens (tertiary/aromatic N) is 1. The van der Waals surface area contributed by atoms with Gasteiger partial charge in [0, 0.05) is 24.1 Å². The van der Waals surface area contributed by atoms with Crippen LogP contribution in [0.15, 0.2) is 59.2 Å². The summed E-state index contributed by atoms with van der Waals surface area (Å²) in [6.07, 6.45) is 4.68. The van der Waals surface area contributed by atoms with E-state index in [4.69, 9.17) is 13.9 Å². The number of rotatable bonds is 9. The molecule has 8 heteroatoms. The second kappa shape index (κ2) is 10.1. The molecule has 2 atom stereocenters. The maximum absolute atomic E-state index is 12.6. The standard InChI is InChI=1S/C20H21NO7/c1-3-27-18(22)8-4-6-16(17-7-5-13-28-17)19(20(23)26-2)14-9-11-15(12-10-14)21(24)25/h4-5,7-13,16,19H,3,6H2,1-2H3/b8-4+. The fraction of sp³-hybridized carbons (Fsp3) is 0.300. The van der Waals surface area contributed by atoms with Gasteiger partial charge in [-0.15, -0.1) is 0 Å². The number of esters is 2. The molecule has 148 valence electrons. The van der Waals surface area contributed by atoms with E-state index >= 15 is 0 Å². The van der Waals surface area contributed by atoms with E-state index in [1.807, 2.05) is 0 Å². The smallest absolute Gasteiger partial charge is 0.330 e. The number of hydrogen-bond acceptors (Lipinski definition) is 7. The third-order valence-corrected chi connectivity index (χ3v) is 4.16. The van der Waals surface area contributed by atoms with Crippen LogP contribution < -0.4 is 0 Å². The van der Waals surface area contributed by atoms with Gasteiger partial charge in [-0.3, -0.25) is 14.9 Å². The highest BCUT2D eigenvalue weighted by Gasteiger charge is 2.33. The van der Waals surface area contributed by atoms with Gasteiger partial charge >= 0.3 is 11.9 Å². The molecule has 2 aromatic rings. The molecule has 2 unspecified atom stereocenters. The molecular weight excluding hydrogens is 366 g/mol. The molecule has 0 saturated heterocycles. The van der Waals surface area contributed by atoms with Crippen molar-refractivity contribution in [2.75, 3.05) is 13.7 Å². The van der Waals surface area contributed by atoms with Crippen LogP contribution >= 0.6 is 0 Å². The van der Waals surface area contributed by atoms with Gasteiger partial charge in [0.05, 0.1) is 30.8 Å². The highest BCUT2D eigenvalue weighted by molar-refractivity contribution is 5.82. The third-order valence-electron chi connectivity index (χ3n) is 4.16. The van der Waals surface area contributed by atoms with Crippen molar-refractivity contribution in [3.8, 4) is 0 Å². The van der Waals surface area contributed by atoms with Crippen LogP contribution in [0.1, 0.15) is 36.5 Å². The van der Waals surface area contributed by atoms with E-state index in [2.05, 4.69) is 0 Å². The van der Waals surface area contributed by atoms with Crippen molar-refractivity contribution in [1.29, 1.82) is 0 Å². The molecule has 0 N–H and O–H groups in total. The number of nitro groups is 1. The van der Waals surface area contributed by atoms with E-state index in [1.54, 1.807) is 25.1 Å². The molecule has 0 radical (unpaired) electrons. The van der Waals surface area contributed by atoms with Crippen LogP contribution in [0.25, 0.3) is 0 Å². The molecule has 0 amide bonds. The first-order valence-corrected chi connectivity index (χ1v) is 8.66. The minimum absolute atomic E-state index is 0.0795. The summed E-state index contributed by atoms with van der Waals surface area (Å²) in [6, 6.07) is 9.12. The van der Waals surface area contributed by atoms with Crippen molar-refractivity contribution in [3.05, 3.63) is 76.3 Å². The molecule has 0 aliphatic heterocycles.